The molecule has 0 spiro atoms. The Balaban J connectivity index is 2.22. The van der Waals surface area contributed by atoms with E-state index in [9.17, 15) is 14.0 Å². The van der Waals surface area contributed by atoms with Crippen molar-refractivity contribution in [3.8, 4) is 5.75 Å². The van der Waals surface area contributed by atoms with E-state index in [2.05, 4.69) is 0 Å². The molecule has 1 aromatic carbocycles. The molecule has 0 unspecified atom stereocenters. The predicted octanol–water partition coefficient (Wildman–Crippen LogP) is 1.32. The van der Waals surface area contributed by atoms with Crippen LogP contribution in [0.1, 0.15) is 12.8 Å². The summed E-state index contributed by atoms with van der Waals surface area (Å²) < 4.78 is 22.5. The summed E-state index contributed by atoms with van der Waals surface area (Å²) >= 11 is 0. The van der Waals surface area contributed by atoms with E-state index in [1.807, 2.05) is 0 Å². The van der Waals surface area contributed by atoms with Gasteiger partial charge in [-0.15, -0.1) is 0 Å². The van der Waals surface area contributed by atoms with Crippen molar-refractivity contribution in [3.05, 3.63) is 30.1 Å². The molecule has 5 nitrogen and oxygen atoms in total. The van der Waals surface area contributed by atoms with Gasteiger partial charge in [-0.05, 0) is 24.3 Å². The van der Waals surface area contributed by atoms with Gasteiger partial charge >= 0.3 is 17.7 Å². The van der Waals surface area contributed by atoms with E-state index < -0.39 is 23.5 Å². The van der Waals surface area contributed by atoms with Gasteiger partial charge in [0, 0.05) is 6.42 Å². The number of carbonyl (C=O) groups is 2. The van der Waals surface area contributed by atoms with Crippen LogP contribution in [-0.2, 0) is 14.3 Å². The fourth-order valence-corrected chi connectivity index (χ4v) is 1.51. The largest absolute Gasteiger partial charge is 0.475 e. The molecule has 2 rings (SSSR count). The molecule has 1 atom stereocenters. The first-order valence-electron chi connectivity index (χ1n) is 4.92. The van der Waals surface area contributed by atoms with Gasteiger partial charge in [0.15, 0.2) is 0 Å². The lowest BCUT2D eigenvalue weighted by Crippen LogP contribution is -2.44. The first kappa shape index (κ1) is 11.4. The number of ether oxygens (including phenoxy) is 2. The molecule has 1 saturated heterocycles. The standard InChI is InChI=1S/C11H9FO5/c12-7-1-3-8(4-2-7)16-11(10(14)15)6-5-9(13)17-11/h1-4H,5-6H2,(H,14,15)/t11-/m0/s1. The van der Waals surface area contributed by atoms with Crippen molar-refractivity contribution in [2.45, 2.75) is 18.6 Å². The van der Waals surface area contributed by atoms with Gasteiger partial charge in [0.2, 0.25) is 0 Å². The van der Waals surface area contributed by atoms with Crippen molar-refractivity contribution in [3.63, 3.8) is 0 Å². The minimum atomic E-state index is -1.99. The smallest absolute Gasteiger partial charge is 0.390 e. The molecule has 0 bridgehead atoms. The number of esters is 1. The number of carboxylic acid groups (broad SMARTS) is 1. The third kappa shape index (κ3) is 2.20. The van der Waals surface area contributed by atoms with Crippen LogP contribution in [0.2, 0.25) is 0 Å². The van der Waals surface area contributed by atoms with Crippen molar-refractivity contribution >= 4 is 11.9 Å². The van der Waals surface area contributed by atoms with E-state index >= 15 is 0 Å². The molecular formula is C11H9FO5. The van der Waals surface area contributed by atoms with Crippen LogP contribution < -0.4 is 4.74 Å². The second-order valence-corrected chi connectivity index (χ2v) is 3.59. The monoisotopic (exact) mass is 240 g/mol. The van der Waals surface area contributed by atoms with Crippen LogP contribution in [0.3, 0.4) is 0 Å². The lowest BCUT2D eigenvalue weighted by atomic mass is 10.2. The van der Waals surface area contributed by atoms with E-state index in [0.29, 0.717) is 0 Å². The fourth-order valence-electron chi connectivity index (χ4n) is 1.51. The van der Waals surface area contributed by atoms with Crippen LogP contribution in [0.15, 0.2) is 24.3 Å². The molecule has 1 aromatic rings. The molecule has 1 fully saturated rings. The number of aliphatic carboxylic acids is 1. The Labute approximate surface area is 95.8 Å². The maximum Gasteiger partial charge on any atom is 0.390 e. The van der Waals surface area contributed by atoms with Crippen molar-refractivity contribution in [1.82, 2.24) is 0 Å². The summed E-state index contributed by atoms with van der Waals surface area (Å²) in [7, 11) is 0. The van der Waals surface area contributed by atoms with Gasteiger partial charge in [0.25, 0.3) is 0 Å². The van der Waals surface area contributed by atoms with Crippen molar-refractivity contribution in [2.24, 2.45) is 0 Å². The third-order valence-corrected chi connectivity index (χ3v) is 2.36. The Hall–Kier alpha value is -2.11. The zero-order valence-corrected chi connectivity index (χ0v) is 8.68. The first-order valence-corrected chi connectivity index (χ1v) is 4.92. The number of halogens is 1. The van der Waals surface area contributed by atoms with Crippen LogP contribution in [0.25, 0.3) is 0 Å². The van der Waals surface area contributed by atoms with Gasteiger partial charge in [-0.1, -0.05) is 0 Å². The first-order chi connectivity index (χ1) is 8.02. The molecule has 90 valence electrons. The van der Waals surface area contributed by atoms with E-state index in [1.54, 1.807) is 0 Å². The van der Waals surface area contributed by atoms with Gasteiger partial charge in [-0.3, -0.25) is 4.79 Å². The summed E-state index contributed by atoms with van der Waals surface area (Å²) in [6, 6.07) is 4.79. The Morgan fingerprint density at radius 3 is 2.53 bits per heavy atom. The number of carboxylic acids is 1. The minimum Gasteiger partial charge on any atom is -0.475 e. The quantitative estimate of drug-likeness (QED) is 0.806. The molecule has 0 radical (unpaired) electrons. The normalized spacial score (nSPS) is 23.2. The molecule has 6 heteroatoms. The highest BCUT2D eigenvalue weighted by Crippen LogP contribution is 2.30. The average molecular weight is 240 g/mol. The SMILES string of the molecule is O=C1CC[C@@](Oc2ccc(F)cc2)(C(=O)O)O1. The highest BCUT2D eigenvalue weighted by atomic mass is 19.1. The number of hydrogen-bond acceptors (Lipinski definition) is 4. The zero-order valence-electron chi connectivity index (χ0n) is 8.68. The molecule has 0 aliphatic carbocycles. The summed E-state index contributed by atoms with van der Waals surface area (Å²) in [5.41, 5.74) is 0. The van der Waals surface area contributed by atoms with Gasteiger partial charge in [0.05, 0.1) is 6.42 Å². The van der Waals surface area contributed by atoms with E-state index in [4.69, 9.17) is 14.6 Å². The number of benzene rings is 1. The number of rotatable bonds is 3. The average Bonchev–Trinajstić information content (AvgIpc) is 2.65. The molecule has 1 N–H and O–H groups in total. The number of hydrogen-bond donors (Lipinski definition) is 1. The Kier molecular flexibility index (Phi) is 2.71. The highest BCUT2D eigenvalue weighted by Gasteiger charge is 2.50. The maximum absolute atomic E-state index is 12.7. The summed E-state index contributed by atoms with van der Waals surface area (Å²) in [4.78, 5) is 22.0. The highest BCUT2D eigenvalue weighted by molar-refractivity contribution is 5.84. The second-order valence-electron chi connectivity index (χ2n) is 3.59. The minimum absolute atomic E-state index is 0.0203. The summed E-state index contributed by atoms with van der Waals surface area (Å²) in [5, 5.41) is 9.02. The van der Waals surface area contributed by atoms with E-state index in [1.165, 1.54) is 12.1 Å². The van der Waals surface area contributed by atoms with E-state index in [-0.39, 0.29) is 18.6 Å². The predicted molar refractivity (Wildman–Crippen MR) is 52.7 cm³/mol. The topological polar surface area (TPSA) is 72.8 Å². The third-order valence-electron chi connectivity index (χ3n) is 2.36. The zero-order chi connectivity index (χ0) is 12.5. The van der Waals surface area contributed by atoms with Crippen LogP contribution >= 0.6 is 0 Å². The van der Waals surface area contributed by atoms with Crippen LogP contribution in [-0.4, -0.2) is 22.8 Å². The molecule has 0 aromatic heterocycles. The van der Waals surface area contributed by atoms with E-state index in [0.717, 1.165) is 12.1 Å². The Bertz CT molecular complexity index is 455. The van der Waals surface area contributed by atoms with Gasteiger partial charge in [-0.25, -0.2) is 9.18 Å². The van der Waals surface area contributed by atoms with Crippen molar-refractivity contribution in [1.29, 1.82) is 0 Å². The second kappa shape index (κ2) is 4.04. The molecule has 0 amide bonds. The van der Waals surface area contributed by atoms with Crippen molar-refractivity contribution in [2.75, 3.05) is 0 Å². The Morgan fingerprint density at radius 1 is 1.41 bits per heavy atom. The molecule has 1 aliphatic heterocycles. The molecule has 0 saturated carbocycles. The molecule has 1 aliphatic rings. The fraction of sp³-hybridized carbons (Fsp3) is 0.273. The van der Waals surface area contributed by atoms with Gasteiger partial charge < -0.3 is 14.6 Å². The van der Waals surface area contributed by atoms with Crippen LogP contribution in [0.4, 0.5) is 4.39 Å². The summed E-state index contributed by atoms with van der Waals surface area (Å²) in [5.74, 6) is -4.34. The van der Waals surface area contributed by atoms with Crippen LogP contribution in [0, 0.1) is 5.82 Å². The summed E-state index contributed by atoms with van der Waals surface area (Å²) in [6.45, 7) is 0. The van der Waals surface area contributed by atoms with Crippen molar-refractivity contribution < 1.29 is 28.6 Å². The van der Waals surface area contributed by atoms with Crippen LogP contribution in [0.5, 0.6) is 5.75 Å². The lowest BCUT2D eigenvalue weighted by Gasteiger charge is -2.23. The number of cyclic esters (lactones) is 1. The lowest BCUT2D eigenvalue weighted by molar-refractivity contribution is -0.201. The number of carbonyl (C=O) groups excluding carboxylic acids is 1. The molecule has 17 heavy (non-hydrogen) atoms. The molecule has 1 heterocycles. The Morgan fingerprint density at radius 2 is 2.06 bits per heavy atom. The molecular weight excluding hydrogens is 231 g/mol. The maximum atomic E-state index is 12.7. The van der Waals surface area contributed by atoms with Gasteiger partial charge in [-0.2, -0.15) is 0 Å². The van der Waals surface area contributed by atoms with Gasteiger partial charge in [0.1, 0.15) is 11.6 Å². The summed E-state index contributed by atoms with van der Waals surface area (Å²) in [6.07, 6.45) is -0.0912.